The zero-order valence-corrected chi connectivity index (χ0v) is 11.2. The Morgan fingerprint density at radius 1 is 1.44 bits per heavy atom. The van der Waals surface area contributed by atoms with Gasteiger partial charge >= 0.3 is 0 Å². The number of nitrogens with one attached hydrogen (secondary N) is 1. The van der Waals surface area contributed by atoms with Gasteiger partial charge in [0.05, 0.1) is 12.5 Å². The van der Waals surface area contributed by atoms with Crippen molar-refractivity contribution in [1.82, 2.24) is 5.32 Å². The second kappa shape index (κ2) is 5.72. The van der Waals surface area contributed by atoms with Crippen molar-refractivity contribution in [3.05, 3.63) is 34.9 Å². The highest BCUT2D eigenvalue weighted by Crippen LogP contribution is 2.43. The Kier molecular flexibility index (Phi) is 4.25. The molecule has 18 heavy (non-hydrogen) atoms. The SMILES string of the molecule is C[C@@H](CO)NC(=O)C(c1ccc(Cl)cc1)C1CC1. The van der Waals surface area contributed by atoms with Crippen molar-refractivity contribution in [1.29, 1.82) is 0 Å². The van der Waals surface area contributed by atoms with Gasteiger partial charge in [0.25, 0.3) is 0 Å². The fourth-order valence-electron chi connectivity index (χ4n) is 2.12. The molecule has 1 aliphatic carbocycles. The molecule has 1 amide bonds. The highest BCUT2D eigenvalue weighted by molar-refractivity contribution is 6.30. The van der Waals surface area contributed by atoms with Gasteiger partial charge in [0.1, 0.15) is 0 Å². The Morgan fingerprint density at radius 3 is 2.56 bits per heavy atom. The minimum Gasteiger partial charge on any atom is -0.394 e. The van der Waals surface area contributed by atoms with Gasteiger partial charge in [0, 0.05) is 11.1 Å². The highest BCUT2D eigenvalue weighted by atomic mass is 35.5. The van der Waals surface area contributed by atoms with Crippen LogP contribution in [0, 0.1) is 5.92 Å². The lowest BCUT2D eigenvalue weighted by molar-refractivity contribution is -0.123. The van der Waals surface area contributed by atoms with Crippen molar-refractivity contribution in [3.63, 3.8) is 0 Å². The Morgan fingerprint density at radius 2 is 2.06 bits per heavy atom. The predicted octanol–water partition coefficient (Wildman–Crippen LogP) is 2.33. The molecule has 0 spiro atoms. The van der Waals surface area contributed by atoms with E-state index in [1.54, 1.807) is 6.92 Å². The summed E-state index contributed by atoms with van der Waals surface area (Å²) in [7, 11) is 0. The third-order valence-corrected chi connectivity index (χ3v) is 3.52. The third kappa shape index (κ3) is 3.24. The number of amides is 1. The predicted molar refractivity (Wildman–Crippen MR) is 71.6 cm³/mol. The lowest BCUT2D eigenvalue weighted by atomic mass is 9.93. The van der Waals surface area contributed by atoms with Crippen molar-refractivity contribution in [3.8, 4) is 0 Å². The fourth-order valence-corrected chi connectivity index (χ4v) is 2.24. The smallest absolute Gasteiger partial charge is 0.228 e. The first-order chi connectivity index (χ1) is 8.61. The third-order valence-electron chi connectivity index (χ3n) is 3.27. The number of hydrogen-bond donors (Lipinski definition) is 2. The molecule has 0 aliphatic heterocycles. The van der Waals surface area contributed by atoms with Crippen LogP contribution in [0.4, 0.5) is 0 Å². The monoisotopic (exact) mass is 267 g/mol. The topological polar surface area (TPSA) is 49.3 Å². The van der Waals surface area contributed by atoms with Crippen LogP contribution in [-0.2, 0) is 4.79 Å². The van der Waals surface area contributed by atoms with Crippen molar-refractivity contribution in [2.75, 3.05) is 6.61 Å². The van der Waals surface area contributed by atoms with Gasteiger partial charge in [0.15, 0.2) is 0 Å². The molecule has 1 fully saturated rings. The standard InChI is InChI=1S/C14H18ClNO2/c1-9(8-17)16-14(18)13(10-2-3-10)11-4-6-12(15)7-5-11/h4-7,9-10,13,17H,2-3,8H2,1H3,(H,16,18)/t9-,13?/m0/s1. The van der Waals surface area contributed by atoms with Crippen LogP contribution in [0.2, 0.25) is 5.02 Å². The van der Waals surface area contributed by atoms with Crippen LogP contribution >= 0.6 is 11.6 Å². The molecule has 2 rings (SSSR count). The molecular weight excluding hydrogens is 250 g/mol. The maximum Gasteiger partial charge on any atom is 0.228 e. The van der Waals surface area contributed by atoms with Gasteiger partial charge in [-0.1, -0.05) is 23.7 Å². The van der Waals surface area contributed by atoms with Crippen LogP contribution < -0.4 is 5.32 Å². The molecule has 0 bridgehead atoms. The maximum absolute atomic E-state index is 12.2. The quantitative estimate of drug-likeness (QED) is 0.860. The summed E-state index contributed by atoms with van der Waals surface area (Å²) in [6.45, 7) is 1.76. The molecule has 1 aromatic carbocycles. The number of rotatable bonds is 5. The van der Waals surface area contributed by atoms with Crippen molar-refractivity contribution in [2.24, 2.45) is 5.92 Å². The van der Waals surface area contributed by atoms with Crippen LogP contribution in [0.5, 0.6) is 0 Å². The minimum absolute atomic E-state index is 0.00127. The Balaban J connectivity index is 2.13. The van der Waals surface area contributed by atoms with E-state index in [-0.39, 0.29) is 24.5 Å². The summed E-state index contributed by atoms with van der Waals surface area (Å²) in [4.78, 5) is 12.2. The molecule has 4 heteroatoms. The molecule has 0 aromatic heterocycles. The average molecular weight is 268 g/mol. The van der Waals surface area contributed by atoms with Gasteiger partial charge in [-0.05, 0) is 43.4 Å². The molecule has 1 unspecified atom stereocenters. The largest absolute Gasteiger partial charge is 0.394 e. The van der Waals surface area contributed by atoms with E-state index in [1.165, 1.54) is 0 Å². The molecule has 0 radical (unpaired) electrons. The number of hydrogen-bond acceptors (Lipinski definition) is 2. The zero-order valence-electron chi connectivity index (χ0n) is 10.4. The van der Waals surface area contributed by atoms with E-state index in [9.17, 15) is 4.79 Å². The van der Waals surface area contributed by atoms with Gasteiger partial charge in [-0.2, -0.15) is 0 Å². The van der Waals surface area contributed by atoms with Crippen molar-refractivity contribution < 1.29 is 9.90 Å². The summed E-state index contributed by atoms with van der Waals surface area (Å²) >= 11 is 5.86. The van der Waals surface area contributed by atoms with Crippen LogP contribution in [0.1, 0.15) is 31.2 Å². The zero-order chi connectivity index (χ0) is 13.1. The summed E-state index contributed by atoms with van der Waals surface area (Å²) in [5.74, 6) is 0.315. The number of halogens is 1. The van der Waals surface area contributed by atoms with Crippen LogP contribution in [0.15, 0.2) is 24.3 Å². The number of carbonyl (C=O) groups excluding carboxylic acids is 1. The van der Waals surface area contributed by atoms with E-state index in [1.807, 2.05) is 24.3 Å². The van der Waals surface area contributed by atoms with Crippen LogP contribution in [0.3, 0.4) is 0 Å². The molecule has 0 heterocycles. The molecule has 1 aromatic rings. The molecule has 2 atom stereocenters. The van der Waals surface area contributed by atoms with Gasteiger partial charge < -0.3 is 10.4 Å². The first kappa shape index (κ1) is 13.4. The molecule has 98 valence electrons. The molecular formula is C14H18ClNO2. The van der Waals surface area contributed by atoms with E-state index < -0.39 is 0 Å². The lowest BCUT2D eigenvalue weighted by Gasteiger charge is -2.19. The Bertz CT molecular complexity index is 414. The number of aliphatic hydroxyl groups is 1. The summed E-state index contributed by atoms with van der Waals surface area (Å²) < 4.78 is 0. The van der Waals surface area contributed by atoms with Crippen molar-refractivity contribution in [2.45, 2.75) is 31.7 Å². The Hall–Kier alpha value is -1.06. The minimum atomic E-state index is -0.203. The fraction of sp³-hybridized carbons (Fsp3) is 0.500. The van der Waals surface area contributed by atoms with E-state index >= 15 is 0 Å². The van der Waals surface area contributed by atoms with Crippen molar-refractivity contribution >= 4 is 17.5 Å². The lowest BCUT2D eigenvalue weighted by Crippen LogP contribution is -2.38. The first-order valence-electron chi connectivity index (χ1n) is 6.28. The summed E-state index contributed by atoms with van der Waals surface area (Å²) in [6.07, 6.45) is 2.18. The van der Waals surface area contributed by atoms with E-state index in [2.05, 4.69) is 5.32 Å². The molecule has 3 nitrogen and oxygen atoms in total. The summed E-state index contributed by atoms with van der Waals surface area (Å²) in [6, 6.07) is 7.25. The second-order valence-corrected chi connectivity index (χ2v) is 5.40. The van der Waals surface area contributed by atoms with Crippen LogP contribution in [-0.4, -0.2) is 23.7 Å². The Labute approximate surface area is 112 Å². The van der Waals surface area contributed by atoms with Crippen LogP contribution in [0.25, 0.3) is 0 Å². The number of benzene rings is 1. The van der Waals surface area contributed by atoms with Gasteiger partial charge in [0.2, 0.25) is 5.91 Å². The van der Waals surface area contributed by atoms with Gasteiger partial charge in [-0.15, -0.1) is 0 Å². The van der Waals surface area contributed by atoms with E-state index in [0.29, 0.717) is 10.9 Å². The van der Waals surface area contributed by atoms with E-state index in [4.69, 9.17) is 16.7 Å². The molecule has 0 saturated heterocycles. The normalized spacial score (nSPS) is 18.2. The summed E-state index contributed by atoms with van der Waals surface area (Å²) in [5, 5.41) is 12.5. The summed E-state index contributed by atoms with van der Waals surface area (Å²) in [5.41, 5.74) is 1.00. The number of aliphatic hydroxyl groups excluding tert-OH is 1. The average Bonchev–Trinajstić information content (AvgIpc) is 3.16. The van der Waals surface area contributed by atoms with E-state index in [0.717, 1.165) is 18.4 Å². The first-order valence-corrected chi connectivity index (χ1v) is 6.66. The molecule has 1 aliphatic rings. The maximum atomic E-state index is 12.2. The number of carbonyl (C=O) groups is 1. The van der Waals surface area contributed by atoms with Gasteiger partial charge in [-0.3, -0.25) is 4.79 Å². The molecule has 1 saturated carbocycles. The second-order valence-electron chi connectivity index (χ2n) is 4.96. The molecule has 2 N–H and O–H groups in total. The highest BCUT2D eigenvalue weighted by Gasteiger charge is 2.37. The van der Waals surface area contributed by atoms with Gasteiger partial charge in [-0.25, -0.2) is 0 Å².